The number of aryl methyl sites for hydroxylation is 1. The van der Waals surface area contributed by atoms with Gasteiger partial charge in [0.05, 0.1) is 12.4 Å². The number of nitrogens with zero attached hydrogens (tertiary/aromatic N) is 3. The normalized spacial score (nSPS) is 10.5. The van der Waals surface area contributed by atoms with E-state index in [9.17, 15) is 9.59 Å². The van der Waals surface area contributed by atoms with E-state index in [0.717, 1.165) is 17.2 Å². The molecule has 7 heteroatoms. The molecule has 0 saturated carbocycles. The molecule has 0 aliphatic carbocycles. The van der Waals surface area contributed by atoms with E-state index in [1.807, 2.05) is 0 Å². The lowest BCUT2D eigenvalue weighted by Gasteiger charge is -2.05. The van der Waals surface area contributed by atoms with Crippen molar-refractivity contribution in [2.45, 2.75) is 6.92 Å². The molecule has 1 amide bonds. The predicted octanol–water partition coefficient (Wildman–Crippen LogP) is 1.53. The van der Waals surface area contributed by atoms with Crippen LogP contribution in [-0.2, 0) is 4.79 Å². The molecule has 1 aromatic heterocycles. The van der Waals surface area contributed by atoms with Crippen LogP contribution in [0.4, 0.5) is 5.95 Å². The van der Waals surface area contributed by atoms with Crippen LogP contribution >= 0.6 is 0 Å². The molecule has 0 bridgehead atoms. The minimum atomic E-state index is -1.02. The first-order valence-corrected chi connectivity index (χ1v) is 6.03. The van der Waals surface area contributed by atoms with Gasteiger partial charge in [-0.05, 0) is 36.3 Å². The Labute approximate surface area is 120 Å². The fourth-order valence-electron chi connectivity index (χ4n) is 1.64. The highest BCUT2D eigenvalue weighted by atomic mass is 16.4. The summed E-state index contributed by atoms with van der Waals surface area (Å²) in [7, 11) is 0. The number of carboxylic acid groups (broad SMARTS) is 1. The van der Waals surface area contributed by atoms with Crippen LogP contribution in [-0.4, -0.2) is 32.2 Å². The number of rotatable bonds is 4. The molecule has 2 N–H and O–H groups in total. The van der Waals surface area contributed by atoms with Gasteiger partial charge in [-0.25, -0.2) is 9.78 Å². The van der Waals surface area contributed by atoms with Crippen molar-refractivity contribution in [1.82, 2.24) is 15.2 Å². The number of benzene rings is 1. The quantitative estimate of drug-likeness (QED) is 0.825. The maximum absolute atomic E-state index is 12.0. The number of hydrogen-bond acceptors (Lipinski definition) is 5. The van der Waals surface area contributed by atoms with Crippen LogP contribution in [0.15, 0.2) is 36.7 Å². The number of hydrogen-bond donors (Lipinski definition) is 2. The minimum Gasteiger partial charge on any atom is -0.478 e. The first-order chi connectivity index (χ1) is 10.1. The van der Waals surface area contributed by atoms with Gasteiger partial charge in [-0.15, -0.1) is 5.10 Å². The van der Waals surface area contributed by atoms with Crippen LogP contribution in [0.5, 0.6) is 0 Å². The van der Waals surface area contributed by atoms with Gasteiger partial charge in [-0.2, -0.15) is 5.10 Å². The van der Waals surface area contributed by atoms with Crippen LogP contribution in [0.1, 0.15) is 21.5 Å². The van der Waals surface area contributed by atoms with Crippen molar-refractivity contribution in [3.05, 3.63) is 53.4 Å². The molecule has 2 rings (SSSR count). The van der Waals surface area contributed by atoms with Crippen LogP contribution < -0.4 is 5.32 Å². The van der Waals surface area contributed by atoms with Gasteiger partial charge in [0.25, 0.3) is 5.91 Å². The third-order valence-electron chi connectivity index (χ3n) is 2.65. The number of carboxylic acids is 1. The van der Waals surface area contributed by atoms with Crippen molar-refractivity contribution >= 4 is 23.9 Å². The third-order valence-corrected chi connectivity index (χ3v) is 2.65. The molecule has 2 aromatic rings. The smallest absolute Gasteiger partial charge is 0.328 e. The highest BCUT2D eigenvalue weighted by molar-refractivity contribution is 6.03. The first-order valence-electron chi connectivity index (χ1n) is 6.03. The Balaban J connectivity index is 2.16. The van der Waals surface area contributed by atoms with Crippen molar-refractivity contribution in [3.63, 3.8) is 0 Å². The Morgan fingerprint density at radius 1 is 1.29 bits per heavy atom. The highest BCUT2D eigenvalue weighted by Gasteiger charge is 2.09. The number of aromatic nitrogens is 3. The molecule has 0 atom stereocenters. The Bertz CT molecular complexity index is 699. The summed E-state index contributed by atoms with van der Waals surface area (Å²) in [5.74, 6) is -1.26. The van der Waals surface area contributed by atoms with Crippen molar-refractivity contribution in [1.29, 1.82) is 0 Å². The second-order valence-corrected chi connectivity index (χ2v) is 4.16. The molecule has 0 saturated heterocycles. The zero-order chi connectivity index (χ0) is 15.2. The molecule has 0 radical (unpaired) electrons. The number of carbonyl (C=O) groups excluding carboxylic acids is 1. The minimum absolute atomic E-state index is 0.120. The van der Waals surface area contributed by atoms with Crippen molar-refractivity contribution in [3.8, 4) is 0 Å². The maximum atomic E-state index is 12.0. The summed E-state index contributed by atoms with van der Waals surface area (Å²) in [6.45, 7) is 1.79. The Hall–Kier alpha value is -3.09. The number of anilines is 1. The lowest BCUT2D eigenvalue weighted by molar-refractivity contribution is -0.131. The molecule has 0 aliphatic rings. The number of carbonyl (C=O) groups is 2. The molecule has 0 aliphatic heterocycles. The summed E-state index contributed by atoms with van der Waals surface area (Å²) in [5.41, 5.74) is 1.94. The van der Waals surface area contributed by atoms with E-state index in [1.165, 1.54) is 18.5 Å². The molecule has 0 fully saturated rings. The SMILES string of the molecule is Cc1cc(C(=O)Nc2nccnn2)ccc1/C=C/C(=O)O. The van der Waals surface area contributed by atoms with Gasteiger partial charge in [-0.1, -0.05) is 6.07 Å². The van der Waals surface area contributed by atoms with E-state index in [4.69, 9.17) is 5.11 Å². The molecule has 1 heterocycles. The van der Waals surface area contributed by atoms with Crippen LogP contribution in [0, 0.1) is 6.92 Å². The molecule has 1 aromatic carbocycles. The second kappa shape index (κ2) is 6.38. The fourth-order valence-corrected chi connectivity index (χ4v) is 1.64. The lowest BCUT2D eigenvalue weighted by atomic mass is 10.0. The Morgan fingerprint density at radius 3 is 2.71 bits per heavy atom. The number of amides is 1. The molecular formula is C14H12N4O3. The second-order valence-electron chi connectivity index (χ2n) is 4.16. The summed E-state index contributed by atoms with van der Waals surface area (Å²) >= 11 is 0. The highest BCUT2D eigenvalue weighted by Crippen LogP contribution is 2.13. The third kappa shape index (κ3) is 3.93. The summed E-state index contributed by atoms with van der Waals surface area (Å²) < 4.78 is 0. The van der Waals surface area contributed by atoms with Crippen molar-refractivity contribution in [2.75, 3.05) is 5.32 Å². The molecule has 7 nitrogen and oxygen atoms in total. The van der Waals surface area contributed by atoms with E-state index in [0.29, 0.717) is 5.56 Å². The van der Waals surface area contributed by atoms with Gasteiger partial charge in [0.2, 0.25) is 5.95 Å². The van der Waals surface area contributed by atoms with Crippen molar-refractivity contribution < 1.29 is 14.7 Å². The van der Waals surface area contributed by atoms with Gasteiger partial charge in [0.1, 0.15) is 0 Å². The summed E-state index contributed by atoms with van der Waals surface area (Å²) in [5, 5.41) is 18.4. The molecule has 106 valence electrons. The average molecular weight is 284 g/mol. The monoisotopic (exact) mass is 284 g/mol. The zero-order valence-electron chi connectivity index (χ0n) is 11.1. The number of nitrogens with one attached hydrogen (secondary N) is 1. The van der Waals surface area contributed by atoms with E-state index in [1.54, 1.807) is 25.1 Å². The largest absolute Gasteiger partial charge is 0.478 e. The first kappa shape index (κ1) is 14.3. The van der Waals surface area contributed by atoms with Gasteiger partial charge in [0.15, 0.2) is 0 Å². The van der Waals surface area contributed by atoms with Crippen LogP contribution in [0.3, 0.4) is 0 Å². The zero-order valence-corrected chi connectivity index (χ0v) is 11.1. The number of aliphatic carboxylic acids is 1. The van der Waals surface area contributed by atoms with E-state index < -0.39 is 5.97 Å². The standard InChI is InChI=1S/C14H12N4O3/c1-9-8-11(3-2-10(9)4-5-12(19)20)13(21)17-14-15-6-7-16-18-14/h2-8H,1H3,(H,19,20)(H,15,17,18,21)/b5-4+. The molecule has 0 unspecified atom stereocenters. The maximum Gasteiger partial charge on any atom is 0.328 e. The van der Waals surface area contributed by atoms with E-state index >= 15 is 0 Å². The summed E-state index contributed by atoms with van der Waals surface area (Å²) in [6, 6.07) is 4.93. The molecule has 21 heavy (non-hydrogen) atoms. The summed E-state index contributed by atoms with van der Waals surface area (Å²) in [4.78, 5) is 26.4. The van der Waals surface area contributed by atoms with Gasteiger partial charge < -0.3 is 5.11 Å². The van der Waals surface area contributed by atoms with Crippen LogP contribution in [0.25, 0.3) is 6.08 Å². The van der Waals surface area contributed by atoms with E-state index in [-0.39, 0.29) is 11.9 Å². The topological polar surface area (TPSA) is 105 Å². The average Bonchev–Trinajstić information content (AvgIpc) is 2.46. The van der Waals surface area contributed by atoms with Gasteiger partial charge >= 0.3 is 5.97 Å². The van der Waals surface area contributed by atoms with Crippen LogP contribution in [0.2, 0.25) is 0 Å². The Morgan fingerprint density at radius 2 is 2.10 bits per heavy atom. The van der Waals surface area contributed by atoms with Gasteiger partial charge in [-0.3, -0.25) is 10.1 Å². The van der Waals surface area contributed by atoms with E-state index in [2.05, 4.69) is 20.5 Å². The lowest BCUT2D eigenvalue weighted by Crippen LogP contribution is -2.14. The molecular weight excluding hydrogens is 272 g/mol. The van der Waals surface area contributed by atoms with Gasteiger partial charge in [0, 0.05) is 11.6 Å². The molecule has 0 spiro atoms. The van der Waals surface area contributed by atoms with Crippen molar-refractivity contribution in [2.24, 2.45) is 0 Å². The fraction of sp³-hybridized carbons (Fsp3) is 0.0714. The predicted molar refractivity (Wildman–Crippen MR) is 75.6 cm³/mol. The summed E-state index contributed by atoms with van der Waals surface area (Å²) in [6.07, 6.45) is 5.35. The Kier molecular flexibility index (Phi) is 4.35.